The number of ether oxygens (including phenoxy) is 1. The summed E-state index contributed by atoms with van der Waals surface area (Å²) in [6, 6.07) is 6.66. The third-order valence-electron chi connectivity index (χ3n) is 3.84. The second-order valence-electron chi connectivity index (χ2n) is 5.04. The van der Waals surface area contributed by atoms with Crippen LogP contribution in [-0.4, -0.2) is 34.0 Å². The van der Waals surface area contributed by atoms with Crippen molar-refractivity contribution in [3.05, 3.63) is 24.0 Å². The third kappa shape index (κ3) is 2.63. The maximum absolute atomic E-state index is 5.95. The Morgan fingerprint density at radius 1 is 1.40 bits per heavy atom. The Balaban J connectivity index is 2.10. The van der Waals surface area contributed by atoms with E-state index in [0.29, 0.717) is 11.9 Å². The Morgan fingerprint density at radius 2 is 2.20 bits per heavy atom. The molecule has 2 heterocycles. The second-order valence-corrected chi connectivity index (χ2v) is 6.64. The van der Waals surface area contributed by atoms with Gasteiger partial charge in [0.05, 0.1) is 18.1 Å². The van der Waals surface area contributed by atoms with Crippen molar-refractivity contribution in [3.63, 3.8) is 0 Å². The van der Waals surface area contributed by atoms with Gasteiger partial charge in [0, 0.05) is 24.4 Å². The van der Waals surface area contributed by atoms with Gasteiger partial charge in [0.1, 0.15) is 11.6 Å². The SMILES string of the molecule is COc1ccc2nc(CCCl)n(C3CCSCC3)c2c1. The van der Waals surface area contributed by atoms with Gasteiger partial charge in [-0.1, -0.05) is 0 Å². The van der Waals surface area contributed by atoms with Crippen LogP contribution in [-0.2, 0) is 6.42 Å². The maximum atomic E-state index is 5.95. The summed E-state index contributed by atoms with van der Waals surface area (Å²) >= 11 is 7.99. The lowest BCUT2D eigenvalue weighted by atomic mass is 10.1. The van der Waals surface area contributed by atoms with Crippen molar-refractivity contribution in [2.45, 2.75) is 25.3 Å². The first-order valence-electron chi connectivity index (χ1n) is 7.02. The zero-order valence-corrected chi connectivity index (χ0v) is 13.2. The fourth-order valence-electron chi connectivity index (χ4n) is 2.86. The molecule has 1 aromatic carbocycles. The number of fused-ring (bicyclic) bond motifs is 1. The summed E-state index contributed by atoms with van der Waals surface area (Å²) in [6.07, 6.45) is 3.24. The van der Waals surface area contributed by atoms with Crippen LogP contribution >= 0.6 is 23.4 Å². The summed E-state index contributed by atoms with van der Waals surface area (Å²) in [4.78, 5) is 4.77. The first-order valence-corrected chi connectivity index (χ1v) is 8.71. The first kappa shape index (κ1) is 14.1. The molecule has 2 aromatic rings. The Labute approximate surface area is 128 Å². The number of alkyl halides is 1. The molecule has 0 unspecified atom stereocenters. The van der Waals surface area contributed by atoms with Gasteiger partial charge in [-0.2, -0.15) is 11.8 Å². The summed E-state index contributed by atoms with van der Waals surface area (Å²) in [5.74, 6) is 5.08. The molecule has 0 bridgehead atoms. The maximum Gasteiger partial charge on any atom is 0.121 e. The second kappa shape index (κ2) is 6.27. The molecule has 0 atom stereocenters. The average Bonchev–Trinajstić information content (AvgIpc) is 2.85. The van der Waals surface area contributed by atoms with Crippen LogP contribution in [0.25, 0.3) is 11.0 Å². The number of methoxy groups -OCH3 is 1. The van der Waals surface area contributed by atoms with E-state index in [4.69, 9.17) is 21.3 Å². The van der Waals surface area contributed by atoms with Gasteiger partial charge in [0.25, 0.3) is 0 Å². The fourth-order valence-corrected chi connectivity index (χ4v) is 4.11. The number of hydrogen-bond donors (Lipinski definition) is 0. The largest absolute Gasteiger partial charge is 0.497 e. The molecule has 0 saturated carbocycles. The molecule has 1 fully saturated rings. The molecule has 1 aromatic heterocycles. The molecule has 0 amide bonds. The molecule has 1 aliphatic heterocycles. The lowest BCUT2D eigenvalue weighted by Gasteiger charge is -2.25. The van der Waals surface area contributed by atoms with Gasteiger partial charge in [-0.15, -0.1) is 11.6 Å². The van der Waals surface area contributed by atoms with E-state index in [0.717, 1.165) is 23.5 Å². The molecule has 1 saturated heterocycles. The van der Waals surface area contributed by atoms with Crippen molar-refractivity contribution in [3.8, 4) is 5.75 Å². The highest BCUT2D eigenvalue weighted by molar-refractivity contribution is 7.99. The van der Waals surface area contributed by atoms with Crippen LogP contribution in [0.2, 0.25) is 0 Å². The zero-order valence-electron chi connectivity index (χ0n) is 11.6. The van der Waals surface area contributed by atoms with Crippen LogP contribution in [0.4, 0.5) is 0 Å². The highest BCUT2D eigenvalue weighted by atomic mass is 35.5. The van der Waals surface area contributed by atoms with Crippen LogP contribution in [0.1, 0.15) is 24.7 Å². The minimum atomic E-state index is 0.548. The standard InChI is InChI=1S/C15H19ClN2OS/c1-19-12-2-3-13-14(10-12)18(15(17-13)4-7-16)11-5-8-20-9-6-11/h2-3,10-11H,4-9H2,1H3. The number of thioether (sulfide) groups is 1. The van der Waals surface area contributed by atoms with Crippen LogP contribution < -0.4 is 4.74 Å². The number of aryl methyl sites for hydroxylation is 1. The van der Waals surface area contributed by atoms with Crippen molar-refractivity contribution in [2.24, 2.45) is 0 Å². The minimum Gasteiger partial charge on any atom is -0.497 e. The summed E-state index contributed by atoms with van der Waals surface area (Å²) in [7, 11) is 1.71. The van der Waals surface area contributed by atoms with Gasteiger partial charge < -0.3 is 9.30 Å². The van der Waals surface area contributed by atoms with Gasteiger partial charge in [0.2, 0.25) is 0 Å². The van der Waals surface area contributed by atoms with Crippen molar-refractivity contribution in [2.75, 3.05) is 24.5 Å². The van der Waals surface area contributed by atoms with Crippen LogP contribution in [0.3, 0.4) is 0 Å². The number of hydrogen-bond acceptors (Lipinski definition) is 3. The highest BCUT2D eigenvalue weighted by Crippen LogP contribution is 2.33. The number of benzene rings is 1. The quantitative estimate of drug-likeness (QED) is 0.802. The first-order chi connectivity index (χ1) is 9.83. The van der Waals surface area contributed by atoms with Gasteiger partial charge in [-0.05, 0) is 36.5 Å². The predicted molar refractivity (Wildman–Crippen MR) is 86.3 cm³/mol. The van der Waals surface area contributed by atoms with Crippen LogP contribution in [0.5, 0.6) is 5.75 Å². The smallest absolute Gasteiger partial charge is 0.121 e. The molecule has 0 radical (unpaired) electrons. The van der Waals surface area contributed by atoms with E-state index in [1.165, 1.54) is 29.9 Å². The lowest BCUT2D eigenvalue weighted by Crippen LogP contribution is -2.17. The van der Waals surface area contributed by atoms with Crippen molar-refractivity contribution >= 4 is 34.4 Å². The number of nitrogens with zero attached hydrogens (tertiary/aromatic N) is 2. The number of halogens is 1. The molecule has 0 aliphatic carbocycles. The van der Waals surface area contributed by atoms with Gasteiger partial charge in [-0.3, -0.25) is 0 Å². The topological polar surface area (TPSA) is 27.1 Å². The van der Waals surface area contributed by atoms with Crippen LogP contribution in [0.15, 0.2) is 18.2 Å². The fraction of sp³-hybridized carbons (Fsp3) is 0.533. The van der Waals surface area contributed by atoms with Gasteiger partial charge in [0.15, 0.2) is 0 Å². The summed E-state index contributed by atoms with van der Waals surface area (Å²) in [5, 5.41) is 0. The Bertz CT molecular complexity index is 593. The molecule has 108 valence electrons. The van der Waals surface area contributed by atoms with Gasteiger partial charge in [-0.25, -0.2) is 4.98 Å². The monoisotopic (exact) mass is 310 g/mol. The van der Waals surface area contributed by atoms with E-state index in [9.17, 15) is 0 Å². The normalized spacial score (nSPS) is 16.7. The Hall–Kier alpha value is -0.870. The molecule has 20 heavy (non-hydrogen) atoms. The number of imidazole rings is 1. The molecule has 5 heteroatoms. The van der Waals surface area contributed by atoms with Crippen molar-refractivity contribution < 1.29 is 4.74 Å². The van der Waals surface area contributed by atoms with Crippen molar-refractivity contribution in [1.29, 1.82) is 0 Å². The minimum absolute atomic E-state index is 0.548. The van der Waals surface area contributed by atoms with E-state index in [-0.39, 0.29) is 0 Å². The number of aromatic nitrogens is 2. The highest BCUT2D eigenvalue weighted by Gasteiger charge is 2.21. The molecular formula is C15H19ClN2OS. The summed E-state index contributed by atoms with van der Waals surface area (Å²) < 4.78 is 7.77. The molecule has 0 spiro atoms. The molecule has 0 N–H and O–H groups in total. The van der Waals surface area contributed by atoms with E-state index >= 15 is 0 Å². The van der Waals surface area contributed by atoms with E-state index in [1.54, 1.807) is 7.11 Å². The lowest BCUT2D eigenvalue weighted by molar-refractivity contribution is 0.414. The number of rotatable bonds is 4. The van der Waals surface area contributed by atoms with E-state index in [2.05, 4.69) is 10.6 Å². The van der Waals surface area contributed by atoms with E-state index in [1.807, 2.05) is 23.9 Å². The average molecular weight is 311 g/mol. The van der Waals surface area contributed by atoms with Crippen LogP contribution in [0, 0.1) is 0 Å². The summed E-state index contributed by atoms with van der Waals surface area (Å²) in [5.41, 5.74) is 2.23. The van der Waals surface area contributed by atoms with E-state index < -0.39 is 0 Å². The predicted octanol–water partition coefficient (Wildman–Crippen LogP) is 3.89. The molecule has 3 rings (SSSR count). The Morgan fingerprint density at radius 3 is 2.90 bits per heavy atom. The van der Waals surface area contributed by atoms with Gasteiger partial charge >= 0.3 is 0 Å². The Kier molecular flexibility index (Phi) is 4.41. The molecule has 1 aliphatic rings. The molecular weight excluding hydrogens is 292 g/mol. The summed E-state index contributed by atoms with van der Waals surface area (Å²) in [6.45, 7) is 0. The third-order valence-corrected chi connectivity index (χ3v) is 5.08. The molecule has 3 nitrogen and oxygen atoms in total. The van der Waals surface area contributed by atoms with Crippen molar-refractivity contribution in [1.82, 2.24) is 9.55 Å². The zero-order chi connectivity index (χ0) is 13.9.